The molecule has 1 nitrogen and oxygen atoms in total. The molecule has 0 saturated carbocycles. The Labute approximate surface area is 160 Å². The summed E-state index contributed by atoms with van der Waals surface area (Å²) in [5.74, 6) is 5.01. The van der Waals surface area contributed by atoms with Crippen LogP contribution < -0.4 is 8.79 Å². The molecule has 2 aromatic carbocycles. The van der Waals surface area contributed by atoms with Gasteiger partial charge in [0.05, 0.1) is 0 Å². The molecule has 0 amide bonds. The van der Waals surface area contributed by atoms with Crippen molar-refractivity contribution in [1.29, 1.82) is 0 Å². The molecule has 0 radical (unpaired) electrons. The van der Waals surface area contributed by atoms with E-state index in [-0.39, 0.29) is 0 Å². The van der Waals surface area contributed by atoms with E-state index in [2.05, 4.69) is 86.0 Å². The first-order chi connectivity index (χ1) is 12.0. The molecule has 0 saturated heterocycles. The van der Waals surface area contributed by atoms with Crippen molar-refractivity contribution in [2.24, 2.45) is 0 Å². The molecule has 0 N–H and O–H groups in total. The van der Waals surface area contributed by atoms with Crippen molar-refractivity contribution >= 4 is 36.0 Å². The zero-order chi connectivity index (χ0) is 18.2. The van der Waals surface area contributed by atoms with Gasteiger partial charge in [0.2, 0.25) is 0 Å². The molecule has 0 atom stereocenters. The van der Waals surface area contributed by atoms with E-state index in [4.69, 9.17) is 2.79 Å². The summed E-state index contributed by atoms with van der Waals surface area (Å²) in [6.07, 6.45) is 5.19. The summed E-state index contributed by atoms with van der Waals surface area (Å²) in [6, 6.07) is 22.1. The van der Waals surface area contributed by atoms with Crippen LogP contribution in [0.2, 0.25) is 22.0 Å². The first-order valence-electron chi connectivity index (χ1n) is 9.85. The number of unbranched alkanes of at least 4 members (excludes halogenated alkanes) is 2. The number of rotatable bonds is 10. The molecule has 0 heterocycles. The predicted molar refractivity (Wildman–Crippen MR) is 116 cm³/mol. The van der Waals surface area contributed by atoms with Crippen LogP contribution in [0.4, 0.5) is 0 Å². The Morgan fingerprint density at radius 3 is 1.44 bits per heavy atom. The average Bonchev–Trinajstić information content (AvgIpc) is 2.66. The molecule has 25 heavy (non-hydrogen) atoms. The Kier molecular flexibility index (Phi) is 8.30. The van der Waals surface area contributed by atoms with Crippen LogP contribution in [0.15, 0.2) is 60.7 Å². The summed E-state index contributed by atoms with van der Waals surface area (Å²) >= 11 is -5.09. The van der Waals surface area contributed by atoms with Crippen LogP contribution in [0.25, 0.3) is 0 Å². The van der Waals surface area contributed by atoms with Gasteiger partial charge in [-0.25, -0.2) is 0 Å². The zero-order valence-corrected chi connectivity index (χ0v) is 20.6. The van der Waals surface area contributed by atoms with Gasteiger partial charge in [-0.1, -0.05) is 0 Å². The van der Waals surface area contributed by atoms with Crippen molar-refractivity contribution in [3.63, 3.8) is 0 Å². The van der Waals surface area contributed by atoms with Crippen LogP contribution in [0, 0.1) is 0 Å². The van der Waals surface area contributed by atoms with E-state index < -0.39 is 27.2 Å². The van der Waals surface area contributed by atoms with Crippen molar-refractivity contribution in [1.82, 2.24) is 0 Å². The van der Waals surface area contributed by atoms with E-state index in [0.717, 1.165) is 0 Å². The van der Waals surface area contributed by atoms with Crippen LogP contribution >= 0.6 is 0 Å². The Bertz CT molecular complexity index is 565. The molecular formula is C22H34Ge2O. The second kappa shape index (κ2) is 9.98. The molecule has 0 spiro atoms. The standard InChI is InChI=1S/C22H34Ge2O/c1-5-7-19-23(3,20-8-6-2)25-24(4,21-15-11-9-12-16-21)22-17-13-10-14-18-22/h9-18H,5-8,19-20H2,1-4H3. The zero-order valence-electron chi connectivity index (χ0n) is 16.4. The monoisotopic (exact) mass is 462 g/mol. The molecule has 136 valence electrons. The first-order valence-corrected chi connectivity index (χ1v) is 20.8. The van der Waals surface area contributed by atoms with Crippen LogP contribution in [0.1, 0.15) is 39.5 Å². The maximum atomic E-state index is 7.38. The van der Waals surface area contributed by atoms with E-state index in [9.17, 15) is 0 Å². The molecule has 0 aliphatic rings. The van der Waals surface area contributed by atoms with Gasteiger partial charge in [0.25, 0.3) is 0 Å². The van der Waals surface area contributed by atoms with E-state index in [1.807, 2.05) is 0 Å². The van der Waals surface area contributed by atoms with Crippen LogP contribution in [0.3, 0.4) is 0 Å². The van der Waals surface area contributed by atoms with E-state index >= 15 is 0 Å². The van der Waals surface area contributed by atoms with E-state index in [0.29, 0.717) is 0 Å². The molecule has 0 bridgehead atoms. The van der Waals surface area contributed by atoms with Crippen molar-refractivity contribution in [2.45, 2.75) is 61.5 Å². The SMILES string of the molecule is CCC[CH2][Ge]([CH3])([CH2]CCC)[O][Ge]([CH3])([c]1ccccc1)[c]1ccccc1. The van der Waals surface area contributed by atoms with Gasteiger partial charge in [-0.2, -0.15) is 0 Å². The summed E-state index contributed by atoms with van der Waals surface area (Å²) in [4.78, 5) is 0. The van der Waals surface area contributed by atoms with Gasteiger partial charge in [0.15, 0.2) is 0 Å². The molecule has 2 aromatic rings. The summed E-state index contributed by atoms with van der Waals surface area (Å²) in [5, 5.41) is 2.69. The van der Waals surface area contributed by atoms with Crippen molar-refractivity contribution in [3.05, 3.63) is 60.7 Å². The summed E-state index contributed by atoms with van der Waals surface area (Å²) < 4.78 is 10.3. The molecule has 0 unspecified atom stereocenters. The van der Waals surface area contributed by atoms with Crippen molar-refractivity contribution in [2.75, 3.05) is 0 Å². The second-order valence-electron chi connectivity index (χ2n) is 7.52. The van der Waals surface area contributed by atoms with Gasteiger partial charge in [0.1, 0.15) is 0 Å². The van der Waals surface area contributed by atoms with E-state index in [1.54, 1.807) is 0 Å². The molecule has 0 aliphatic carbocycles. The minimum atomic E-state index is -2.79. The Balaban J connectivity index is 2.40. The molecule has 0 aromatic heterocycles. The van der Waals surface area contributed by atoms with Crippen molar-refractivity contribution < 1.29 is 2.79 Å². The maximum absolute atomic E-state index is 7.38. The van der Waals surface area contributed by atoms with Crippen LogP contribution in [0.5, 0.6) is 0 Å². The Morgan fingerprint density at radius 2 is 1.08 bits per heavy atom. The molecule has 0 aliphatic heterocycles. The molecule has 2 rings (SSSR count). The van der Waals surface area contributed by atoms with Gasteiger partial charge in [-0.15, -0.1) is 0 Å². The average molecular weight is 460 g/mol. The fraction of sp³-hybridized carbons (Fsp3) is 0.455. The third kappa shape index (κ3) is 5.73. The molecule has 0 fully saturated rings. The third-order valence-corrected chi connectivity index (χ3v) is 28.9. The van der Waals surface area contributed by atoms with Gasteiger partial charge >= 0.3 is 161 Å². The van der Waals surface area contributed by atoms with Crippen molar-refractivity contribution in [3.8, 4) is 0 Å². The topological polar surface area (TPSA) is 9.23 Å². The fourth-order valence-corrected chi connectivity index (χ4v) is 31.5. The second-order valence-corrected chi connectivity index (χ2v) is 25.1. The number of hydrogen-bond donors (Lipinski definition) is 0. The van der Waals surface area contributed by atoms with E-state index in [1.165, 1.54) is 45.0 Å². The normalized spacial score (nSPS) is 12.3. The van der Waals surface area contributed by atoms with Crippen LogP contribution in [-0.2, 0) is 2.79 Å². The summed E-state index contributed by atoms with van der Waals surface area (Å²) in [7, 11) is 0. The Morgan fingerprint density at radius 1 is 0.680 bits per heavy atom. The Hall–Kier alpha value is -0.514. The van der Waals surface area contributed by atoms with Gasteiger partial charge in [-0.05, 0) is 0 Å². The first kappa shape index (κ1) is 20.8. The quantitative estimate of drug-likeness (QED) is 0.422. The summed E-state index contributed by atoms with van der Waals surface area (Å²) in [6.45, 7) is 4.61. The number of benzene rings is 2. The van der Waals surface area contributed by atoms with Crippen LogP contribution in [-0.4, -0.2) is 27.2 Å². The van der Waals surface area contributed by atoms with Gasteiger partial charge in [0, 0.05) is 0 Å². The minimum absolute atomic E-state index is 1.27. The predicted octanol–water partition coefficient (Wildman–Crippen LogP) is 5.57. The van der Waals surface area contributed by atoms with Gasteiger partial charge in [-0.3, -0.25) is 0 Å². The third-order valence-electron chi connectivity index (χ3n) is 5.22. The summed E-state index contributed by atoms with van der Waals surface area (Å²) in [5.41, 5.74) is 0. The molecule has 3 heteroatoms. The number of hydrogen-bond acceptors (Lipinski definition) is 1. The fourth-order valence-electron chi connectivity index (χ4n) is 3.62. The van der Waals surface area contributed by atoms with Gasteiger partial charge < -0.3 is 0 Å². The molecular weight excluding hydrogens is 425 g/mol.